The topological polar surface area (TPSA) is 49.9 Å². The van der Waals surface area contributed by atoms with E-state index in [4.69, 9.17) is 4.74 Å². The predicted octanol–water partition coefficient (Wildman–Crippen LogP) is 3.15. The van der Waals surface area contributed by atoms with Gasteiger partial charge in [-0.1, -0.05) is 44.2 Å². The highest BCUT2D eigenvalue weighted by molar-refractivity contribution is 5.95. The molecule has 1 aromatic rings. The minimum atomic E-state index is -0.454. The second kappa shape index (κ2) is 7.03. The molecule has 0 aromatic heterocycles. The molecular formula is C21H28N2O3. The number of nitrogens with zero attached hydrogens (tertiary/aromatic N) is 2. The zero-order valence-corrected chi connectivity index (χ0v) is 15.6. The standard InChI is InChI=1S/C21H28N2O3/c1-14(2)19-13-26-21(25)23(19)20(24)18-12-22(11-17(18)16-8-9-16)10-15-6-4-3-5-7-15/h3-7,14,16-19H,8-13H2,1-2H3/t17-,18+,19-/m1/s1. The molecule has 26 heavy (non-hydrogen) atoms. The van der Waals surface area contributed by atoms with Gasteiger partial charge in [0.15, 0.2) is 0 Å². The first kappa shape index (κ1) is 17.5. The average molecular weight is 356 g/mol. The van der Waals surface area contributed by atoms with Crippen LogP contribution in [0.15, 0.2) is 30.3 Å². The molecular weight excluding hydrogens is 328 g/mol. The molecule has 3 fully saturated rings. The molecule has 4 rings (SSSR count). The number of benzene rings is 1. The van der Waals surface area contributed by atoms with Gasteiger partial charge in [-0.3, -0.25) is 9.69 Å². The van der Waals surface area contributed by atoms with Gasteiger partial charge in [0.05, 0.1) is 12.0 Å². The molecule has 1 saturated carbocycles. The fourth-order valence-corrected chi connectivity index (χ4v) is 4.51. The monoisotopic (exact) mass is 356 g/mol. The molecule has 2 saturated heterocycles. The van der Waals surface area contributed by atoms with E-state index >= 15 is 0 Å². The van der Waals surface area contributed by atoms with E-state index in [9.17, 15) is 9.59 Å². The van der Waals surface area contributed by atoms with Crippen molar-refractivity contribution in [2.45, 2.75) is 39.3 Å². The van der Waals surface area contributed by atoms with Gasteiger partial charge in [-0.05, 0) is 36.2 Å². The highest BCUT2D eigenvalue weighted by Gasteiger charge is 2.50. The summed E-state index contributed by atoms with van der Waals surface area (Å²) in [6.07, 6.45) is 1.97. The molecule has 3 atom stereocenters. The number of rotatable bonds is 5. The van der Waals surface area contributed by atoms with Gasteiger partial charge < -0.3 is 4.74 Å². The van der Waals surface area contributed by atoms with Crippen LogP contribution in [0.1, 0.15) is 32.3 Å². The van der Waals surface area contributed by atoms with Crippen LogP contribution in [0.5, 0.6) is 0 Å². The van der Waals surface area contributed by atoms with E-state index in [1.54, 1.807) is 0 Å². The van der Waals surface area contributed by atoms with Crippen LogP contribution in [-0.4, -0.2) is 47.5 Å². The predicted molar refractivity (Wildman–Crippen MR) is 98.2 cm³/mol. The molecule has 0 radical (unpaired) electrons. The van der Waals surface area contributed by atoms with Gasteiger partial charge in [0.2, 0.25) is 5.91 Å². The van der Waals surface area contributed by atoms with Crippen molar-refractivity contribution in [1.82, 2.24) is 9.80 Å². The number of hydrogen-bond acceptors (Lipinski definition) is 4. The molecule has 1 aliphatic carbocycles. The summed E-state index contributed by atoms with van der Waals surface area (Å²) >= 11 is 0. The molecule has 0 bridgehead atoms. The number of carbonyl (C=O) groups excluding carboxylic acids is 2. The van der Waals surface area contributed by atoms with E-state index in [-0.39, 0.29) is 23.8 Å². The van der Waals surface area contributed by atoms with Crippen LogP contribution in [0.25, 0.3) is 0 Å². The second-order valence-electron chi connectivity index (χ2n) is 8.38. The fourth-order valence-electron chi connectivity index (χ4n) is 4.51. The molecule has 0 unspecified atom stereocenters. The smallest absolute Gasteiger partial charge is 0.416 e. The Kier molecular flexibility index (Phi) is 4.74. The van der Waals surface area contributed by atoms with Crippen molar-refractivity contribution in [3.63, 3.8) is 0 Å². The van der Waals surface area contributed by atoms with Crippen LogP contribution >= 0.6 is 0 Å². The minimum absolute atomic E-state index is 0.0151. The van der Waals surface area contributed by atoms with Crippen molar-refractivity contribution in [2.75, 3.05) is 19.7 Å². The first-order chi connectivity index (χ1) is 12.5. The Hall–Kier alpha value is -1.88. The van der Waals surface area contributed by atoms with Gasteiger partial charge in [-0.2, -0.15) is 0 Å². The summed E-state index contributed by atoms with van der Waals surface area (Å²) in [5, 5.41) is 0. The van der Waals surface area contributed by atoms with Crippen molar-refractivity contribution in [1.29, 1.82) is 0 Å². The summed E-state index contributed by atoms with van der Waals surface area (Å²) in [5.74, 6) is 1.12. The Bertz CT molecular complexity index is 671. The normalized spacial score (nSPS) is 29.4. The van der Waals surface area contributed by atoms with Crippen molar-refractivity contribution < 1.29 is 14.3 Å². The number of likely N-dealkylation sites (tertiary alicyclic amines) is 1. The largest absolute Gasteiger partial charge is 0.447 e. The van der Waals surface area contributed by atoms with Gasteiger partial charge >= 0.3 is 6.09 Å². The van der Waals surface area contributed by atoms with E-state index < -0.39 is 6.09 Å². The van der Waals surface area contributed by atoms with Crippen LogP contribution in [0.3, 0.4) is 0 Å². The van der Waals surface area contributed by atoms with Gasteiger partial charge in [0, 0.05) is 19.6 Å². The van der Waals surface area contributed by atoms with Crippen molar-refractivity contribution in [2.24, 2.45) is 23.7 Å². The summed E-state index contributed by atoms with van der Waals surface area (Å²) in [6.45, 7) is 6.97. The Balaban J connectivity index is 1.50. The Labute approximate surface area is 155 Å². The molecule has 5 heteroatoms. The molecule has 140 valence electrons. The number of hydrogen-bond donors (Lipinski definition) is 0. The summed E-state index contributed by atoms with van der Waals surface area (Å²) in [6, 6.07) is 10.3. The lowest BCUT2D eigenvalue weighted by molar-refractivity contribution is -0.135. The second-order valence-corrected chi connectivity index (χ2v) is 8.38. The SMILES string of the molecule is CC(C)[C@H]1COC(=O)N1C(=O)[C@H]1CN(Cc2ccccc2)C[C@@H]1C1CC1. The first-order valence-corrected chi connectivity index (χ1v) is 9.80. The van der Waals surface area contributed by atoms with Crippen LogP contribution < -0.4 is 0 Å². The van der Waals surface area contributed by atoms with Crippen molar-refractivity contribution >= 4 is 12.0 Å². The minimum Gasteiger partial charge on any atom is -0.447 e. The van der Waals surface area contributed by atoms with E-state index in [0.29, 0.717) is 18.4 Å². The van der Waals surface area contributed by atoms with Crippen LogP contribution in [-0.2, 0) is 16.1 Å². The number of imide groups is 1. The Morgan fingerprint density at radius 2 is 1.92 bits per heavy atom. The summed E-state index contributed by atoms with van der Waals surface area (Å²) in [4.78, 5) is 29.3. The first-order valence-electron chi connectivity index (χ1n) is 9.80. The molecule has 2 aliphatic heterocycles. The van der Waals surface area contributed by atoms with E-state index in [0.717, 1.165) is 19.6 Å². The fraction of sp³-hybridized carbons (Fsp3) is 0.619. The molecule has 0 N–H and O–H groups in total. The third-order valence-electron chi connectivity index (χ3n) is 6.15. The van der Waals surface area contributed by atoms with Crippen LogP contribution in [0, 0.1) is 23.7 Å². The highest BCUT2D eigenvalue weighted by atomic mass is 16.6. The van der Waals surface area contributed by atoms with Crippen molar-refractivity contribution in [3.8, 4) is 0 Å². The maximum atomic E-state index is 13.3. The maximum Gasteiger partial charge on any atom is 0.416 e. The van der Waals surface area contributed by atoms with E-state index in [2.05, 4.69) is 29.2 Å². The molecule has 3 aliphatic rings. The summed E-state index contributed by atoms with van der Waals surface area (Å²) < 4.78 is 5.21. The summed E-state index contributed by atoms with van der Waals surface area (Å²) in [7, 11) is 0. The third kappa shape index (κ3) is 3.37. The Morgan fingerprint density at radius 1 is 1.19 bits per heavy atom. The molecule has 2 heterocycles. The average Bonchev–Trinajstić information content (AvgIpc) is 3.27. The number of ether oxygens (including phenoxy) is 1. The van der Waals surface area contributed by atoms with Crippen LogP contribution in [0.2, 0.25) is 0 Å². The lowest BCUT2D eigenvalue weighted by Gasteiger charge is -2.27. The molecule has 1 aromatic carbocycles. The maximum absolute atomic E-state index is 13.3. The van der Waals surface area contributed by atoms with Crippen molar-refractivity contribution in [3.05, 3.63) is 35.9 Å². The molecule has 2 amide bonds. The van der Waals surface area contributed by atoms with E-state index in [1.165, 1.54) is 23.3 Å². The van der Waals surface area contributed by atoms with Gasteiger partial charge in [0.1, 0.15) is 6.61 Å². The van der Waals surface area contributed by atoms with Crippen LogP contribution in [0.4, 0.5) is 4.79 Å². The zero-order valence-electron chi connectivity index (χ0n) is 15.6. The summed E-state index contributed by atoms with van der Waals surface area (Å²) in [5.41, 5.74) is 1.27. The third-order valence-corrected chi connectivity index (χ3v) is 6.15. The van der Waals surface area contributed by atoms with Gasteiger partial charge in [-0.15, -0.1) is 0 Å². The molecule has 5 nitrogen and oxygen atoms in total. The quantitative estimate of drug-likeness (QED) is 0.813. The number of carbonyl (C=O) groups is 2. The van der Waals surface area contributed by atoms with Gasteiger partial charge in [0.25, 0.3) is 0 Å². The number of cyclic esters (lactones) is 1. The zero-order chi connectivity index (χ0) is 18.3. The highest BCUT2D eigenvalue weighted by Crippen LogP contribution is 2.45. The van der Waals surface area contributed by atoms with E-state index in [1.807, 2.05) is 19.9 Å². The lowest BCUT2D eigenvalue weighted by Crippen LogP contribution is -2.46. The lowest BCUT2D eigenvalue weighted by atomic mass is 9.89. The number of amides is 2. The molecule has 0 spiro atoms. The van der Waals surface area contributed by atoms with Gasteiger partial charge in [-0.25, -0.2) is 9.69 Å². The Morgan fingerprint density at radius 3 is 2.58 bits per heavy atom.